The Morgan fingerprint density at radius 1 is 1.29 bits per heavy atom. The molecule has 2 rings (SSSR count). The van der Waals surface area contributed by atoms with Crippen molar-refractivity contribution in [2.24, 2.45) is 11.8 Å². The summed E-state index contributed by atoms with van der Waals surface area (Å²) in [6, 6.07) is 0.289. The smallest absolute Gasteiger partial charge is 0.308 e. The zero-order valence-corrected chi connectivity index (χ0v) is 12.5. The van der Waals surface area contributed by atoms with Gasteiger partial charge in [-0.1, -0.05) is 6.92 Å². The highest BCUT2D eigenvalue weighted by molar-refractivity contribution is 5.85. The van der Waals surface area contributed by atoms with Gasteiger partial charge in [-0.2, -0.15) is 0 Å². The van der Waals surface area contributed by atoms with Crippen LogP contribution in [-0.2, 0) is 14.4 Å². The van der Waals surface area contributed by atoms with Crippen LogP contribution in [-0.4, -0.2) is 72.0 Å². The number of carboxylic acid groups (broad SMARTS) is 1. The van der Waals surface area contributed by atoms with Crippen LogP contribution in [0.3, 0.4) is 0 Å². The van der Waals surface area contributed by atoms with Crippen LogP contribution in [0.4, 0.5) is 0 Å². The summed E-state index contributed by atoms with van der Waals surface area (Å²) in [5, 5.41) is 11.9. The number of rotatable bonds is 6. The van der Waals surface area contributed by atoms with Gasteiger partial charge in [0.25, 0.3) is 0 Å². The molecule has 2 fully saturated rings. The fourth-order valence-corrected chi connectivity index (χ4v) is 2.63. The Hall–Kier alpha value is -1.63. The largest absolute Gasteiger partial charge is 0.481 e. The molecular formula is C14H23N3O4. The Kier molecular flexibility index (Phi) is 4.82. The molecule has 0 aromatic heterocycles. The molecule has 1 aliphatic heterocycles. The molecule has 2 aliphatic rings. The summed E-state index contributed by atoms with van der Waals surface area (Å²) in [4.78, 5) is 38.0. The van der Waals surface area contributed by atoms with Gasteiger partial charge in [0, 0.05) is 26.2 Å². The Balaban J connectivity index is 1.75. The number of amides is 2. The highest BCUT2D eigenvalue weighted by Gasteiger charge is 2.35. The minimum Gasteiger partial charge on any atom is -0.481 e. The van der Waals surface area contributed by atoms with E-state index in [9.17, 15) is 14.4 Å². The van der Waals surface area contributed by atoms with E-state index in [4.69, 9.17) is 5.11 Å². The molecule has 118 valence electrons. The predicted octanol–water partition coefficient (Wildman–Crippen LogP) is -0.624. The molecule has 7 nitrogen and oxygen atoms in total. The van der Waals surface area contributed by atoms with E-state index in [0.29, 0.717) is 13.1 Å². The van der Waals surface area contributed by atoms with E-state index < -0.39 is 11.9 Å². The van der Waals surface area contributed by atoms with Crippen LogP contribution in [0.25, 0.3) is 0 Å². The topological polar surface area (TPSA) is 90.0 Å². The van der Waals surface area contributed by atoms with Gasteiger partial charge < -0.3 is 15.3 Å². The Morgan fingerprint density at radius 2 is 1.95 bits per heavy atom. The van der Waals surface area contributed by atoms with Gasteiger partial charge in [-0.15, -0.1) is 0 Å². The third-order valence-corrected chi connectivity index (χ3v) is 4.11. The van der Waals surface area contributed by atoms with Crippen LogP contribution in [0.2, 0.25) is 0 Å². The highest BCUT2D eigenvalue weighted by atomic mass is 16.4. The van der Waals surface area contributed by atoms with Crippen LogP contribution in [0.1, 0.15) is 19.8 Å². The zero-order chi connectivity index (χ0) is 15.6. The molecule has 1 saturated carbocycles. The van der Waals surface area contributed by atoms with Crippen LogP contribution >= 0.6 is 0 Å². The van der Waals surface area contributed by atoms with Crippen molar-refractivity contribution in [2.75, 3.05) is 33.2 Å². The van der Waals surface area contributed by atoms with Crippen molar-refractivity contribution in [2.45, 2.75) is 25.8 Å². The van der Waals surface area contributed by atoms with E-state index in [1.807, 2.05) is 11.8 Å². The molecule has 0 aromatic carbocycles. The Morgan fingerprint density at radius 3 is 2.48 bits per heavy atom. The Labute approximate surface area is 124 Å². The summed E-state index contributed by atoms with van der Waals surface area (Å²) in [6.07, 6.45) is 2.04. The molecule has 21 heavy (non-hydrogen) atoms. The van der Waals surface area contributed by atoms with Gasteiger partial charge in [-0.05, 0) is 18.8 Å². The van der Waals surface area contributed by atoms with E-state index in [1.165, 1.54) is 4.90 Å². The van der Waals surface area contributed by atoms with E-state index in [1.54, 1.807) is 7.05 Å². The van der Waals surface area contributed by atoms with Crippen molar-refractivity contribution >= 4 is 17.8 Å². The Bertz CT molecular complexity index is 436. The van der Waals surface area contributed by atoms with Crippen molar-refractivity contribution in [3.8, 4) is 0 Å². The quantitative estimate of drug-likeness (QED) is 0.682. The number of hydrogen-bond acceptors (Lipinski definition) is 4. The van der Waals surface area contributed by atoms with Crippen molar-refractivity contribution in [3.05, 3.63) is 0 Å². The minimum absolute atomic E-state index is 0.0405. The average Bonchev–Trinajstić information content (AvgIpc) is 3.10. The lowest BCUT2D eigenvalue weighted by molar-refractivity contribution is -0.142. The molecule has 2 atom stereocenters. The van der Waals surface area contributed by atoms with Crippen molar-refractivity contribution in [1.29, 1.82) is 0 Å². The lowest BCUT2D eigenvalue weighted by Crippen LogP contribution is -2.43. The van der Waals surface area contributed by atoms with Gasteiger partial charge in [0.15, 0.2) is 0 Å². The van der Waals surface area contributed by atoms with Gasteiger partial charge >= 0.3 is 5.97 Å². The summed E-state index contributed by atoms with van der Waals surface area (Å²) >= 11 is 0. The normalized spacial score (nSPS) is 25.6. The molecule has 0 aromatic rings. The fourth-order valence-electron chi connectivity index (χ4n) is 2.63. The molecule has 2 N–H and O–H groups in total. The molecule has 1 aliphatic carbocycles. The lowest BCUT2D eigenvalue weighted by Gasteiger charge is -2.21. The molecule has 0 unspecified atom stereocenters. The number of carbonyl (C=O) groups is 3. The average molecular weight is 297 g/mol. The van der Waals surface area contributed by atoms with E-state index >= 15 is 0 Å². The third kappa shape index (κ3) is 4.42. The second-order valence-electron chi connectivity index (χ2n) is 6.21. The SMILES string of the molecule is C[C@@H]1CN(CC(=O)N(C)CC(=O)NC2CC2)C[C@H]1C(=O)O. The number of likely N-dealkylation sites (tertiary alicyclic amines) is 1. The molecule has 1 heterocycles. The number of likely N-dealkylation sites (N-methyl/N-ethyl adjacent to an activating group) is 1. The lowest BCUT2D eigenvalue weighted by atomic mass is 9.99. The molecule has 7 heteroatoms. The first-order valence-corrected chi connectivity index (χ1v) is 7.35. The first-order valence-electron chi connectivity index (χ1n) is 7.35. The summed E-state index contributed by atoms with van der Waals surface area (Å²) < 4.78 is 0. The maximum atomic E-state index is 12.1. The van der Waals surface area contributed by atoms with E-state index in [-0.39, 0.29) is 36.9 Å². The second-order valence-corrected chi connectivity index (χ2v) is 6.21. The molecule has 0 radical (unpaired) electrons. The number of nitrogens with zero attached hydrogens (tertiary/aromatic N) is 2. The van der Waals surface area contributed by atoms with Crippen LogP contribution in [0.15, 0.2) is 0 Å². The van der Waals surface area contributed by atoms with Gasteiger partial charge in [-0.3, -0.25) is 19.3 Å². The highest BCUT2D eigenvalue weighted by Crippen LogP contribution is 2.22. The number of nitrogens with one attached hydrogen (secondary N) is 1. The zero-order valence-electron chi connectivity index (χ0n) is 12.5. The first-order chi connectivity index (χ1) is 9.86. The number of hydrogen-bond donors (Lipinski definition) is 2. The number of aliphatic carboxylic acids is 1. The second kappa shape index (κ2) is 6.43. The first kappa shape index (κ1) is 15.8. The van der Waals surface area contributed by atoms with Gasteiger partial charge in [0.05, 0.1) is 19.0 Å². The molecule has 1 saturated heterocycles. The summed E-state index contributed by atoms with van der Waals surface area (Å²) in [5.74, 6) is -1.47. The van der Waals surface area contributed by atoms with E-state index in [0.717, 1.165) is 12.8 Å². The maximum Gasteiger partial charge on any atom is 0.308 e. The van der Waals surface area contributed by atoms with Gasteiger partial charge in [-0.25, -0.2) is 0 Å². The van der Waals surface area contributed by atoms with Crippen LogP contribution < -0.4 is 5.32 Å². The summed E-state index contributed by atoms with van der Waals surface area (Å²) in [6.45, 7) is 3.10. The van der Waals surface area contributed by atoms with Crippen molar-refractivity contribution in [3.63, 3.8) is 0 Å². The predicted molar refractivity (Wildman–Crippen MR) is 75.5 cm³/mol. The standard InChI is InChI=1S/C14H23N3O4/c1-9-5-17(6-11(9)14(20)21)8-13(19)16(2)7-12(18)15-10-3-4-10/h9-11H,3-8H2,1-2H3,(H,15,18)(H,20,21)/t9-,11-/m1/s1. The van der Waals surface area contributed by atoms with Gasteiger partial charge in [0.2, 0.25) is 11.8 Å². The number of carbonyl (C=O) groups excluding carboxylic acids is 2. The monoisotopic (exact) mass is 297 g/mol. The minimum atomic E-state index is -0.811. The number of carboxylic acids is 1. The van der Waals surface area contributed by atoms with Crippen molar-refractivity contribution < 1.29 is 19.5 Å². The molecule has 0 bridgehead atoms. The molecule has 0 spiro atoms. The van der Waals surface area contributed by atoms with Crippen LogP contribution in [0, 0.1) is 11.8 Å². The summed E-state index contributed by atoms with van der Waals surface area (Å²) in [5.41, 5.74) is 0. The van der Waals surface area contributed by atoms with Crippen molar-refractivity contribution in [1.82, 2.24) is 15.1 Å². The summed E-state index contributed by atoms with van der Waals surface area (Å²) in [7, 11) is 1.60. The molecule has 2 amide bonds. The van der Waals surface area contributed by atoms with E-state index in [2.05, 4.69) is 5.32 Å². The third-order valence-electron chi connectivity index (χ3n) is 4.11. The van der Waals surface area contributed by atoms with Crippen LogP contribution in [0.5, 0.6) is 0 Å². The van der Waals surface area contributed by atoms with Gasteiger partial charge in [0.1, 0.15) is 0 Å². The molecular weight excluding hydrogens is 274 g/mol. The fraction of sp³-hybridized carbons (Fsp3) is 0.786. The maximum absolute atomic E-state index is 12.1.